The normalized spacial score (nSPS) is 48.0. The molecule has 3 saturated carbocycles. The molecule has 3 fully saturated rings. The summed E-state index contributed by atoms with van der Waals surface area (Å²) in [6, 6.07) is 0. The number of carbonyl (C=O) groups is 2. The first-order chi connectivity index (χ1) is 14.6. The molecule has 8 atom stereocenters. The minimum atomic E-state index is -4.93. The lowest BCUT2D eigenvalue weighted by molar-refractivity contribution is -0.219. The Hall–Kier alpha value is -1.22. The maximum Gasteiger partial charge on any atom is 0.470 e. The van der Waals surface area contributed by atoms with Crippen molar-refractivity contribution in [2.75, 3.05) is 6.61 Å². The summed E-state index contributed by atoms with van der Waals surface area (Å²) in [5.41, 5.74) is -5.88. The lowest BCUT2D eigenvalue weighted by Crippen LogP contribution is -2.69. The third kappa shape index (κ3) is 2.95. The fourth-order valence-electron chi connectivity index (χ4n) is 7.39. The van der Waals surface area contributed by atoms with Gasteiger partial charge >= 0.3 is 7.82 Å². The molecule has 0 spiro atoms. The molecule has 10 heteroatoms. The lowest BCUT2D eigenvalue weighted by atomic mass is 9.44. The summed E-state index contributed by atoms with van der Waals surface area (Å²) in [4.78, 5) is 42.8. The van der Waals surface area contributed by atoms with Gasteiger partial charge in [0.25, 0.3) is 0 Å². The van der Waals surface area contributed by atoms with E-state index in [1.165, 1.54) is 18.2 Å². The molecule has 0 aromatic rings. The van der Waals surface area contributed by atoms with Crippen LogP contribution in [-0.4, -0.2) is 55.5 Å². The Labute approximate surface area is 185 Å². The third-order valence-electron chi connectivity index (χ3n) is 9.01. The SMILES string of the molecule is C[C@H]1C[C@@H]2[C@@H]3CCC4=CC(=O)C=C[C@]4(C)[C@@]3(F)[C@H](O)C[C@]2(C)[C@@]1(O)C(=O)COP(=O)(O)O. The topological polar surface area (TPSA) is 141 Å². The average molecular weight is 472 g/mol. The number of aliphatic hydroxyl groups excluding tert-OH is 1. The average Bonchev–Trinajstić information content (AvgIpc) is 2.89. The van der Waals surface area contributed by atoms with Gasteiger partial charge in [0, 0.05) is 16.7 Å². The molecule has 4 N–H and O–H groups in total. The fraction of sp³-hybridized carbons (Fsp3) is 0.727. The molecule has 0 amide bonds. The van der Waals surface area contributed by atoms with Crippen molar-refractivity contribution in [1.29, 1.82) is 0 Å². The highest BCUT2D eigenvalue weighted by Gasteiger charge is 2.75. The molecule has 0 bridgehead atoms. The number of Topliss-reactive ketones (excluding diaryl/α,β-unsaturated/α-hetero) is 1. The van der Waals surface area contributed by atoms with Crippen molar-refractivity contribution in [3.05, 3.63) is 23.8 Å². The molecule has 0 unspecified atom stereocenters. The Morgan fingerprint density at radius 2 is 1.97 bits per heavy atom. The van der Waals surface area contributed by atoms with Gasteiger partial charge in [-0.05, 0) is 56.6 Å². The van der Waals surface area contributed by atoms with Crippen LogP contribution < -0.4 is 0 Å². The van der Waals surface area contributed by atoms with E-state index in [0.29, 0.717) is 24.8 Å². The second kappa shape index (κ2) is 7.14. The van der Waals surface area contributed by atoms with E-state index in [-0.39, 0.29) is 12.2 Å². The standard InChI is InChI=1S/C22H30FO8P/c1-12-8-16-15-5-4-13-9-14(24)6-7-19(13,2)21(15,23)17(25)10-20(16,3)22(12,27)18(26)11-31-32(28,29)30/h6-7,9,12,15-17,25,27H,4-5,8,10-11H2,1-3H3,(H2,28,29,30)/t12-,15-,16+,17+,19-,20-,21-,22-/m0/s1. The molecule has 8 nitrogen and oxygen atoms in total. The molecule has 0 aromatic carbocycles. The zero-order valence-electron chi connectivity index (χ0n) is 18.3. The zero-order chi connectivity index (χ0) is 23.9. The highest BCUT2D eigenvalue weighted by atomic mass is 31.2. The number of alkyl halides is 1. The van der Waals surface area contributed by atoms with Gasteiger partial charge in [-0.2, -0.15) is 0 Å². The van der Waals surface area contributed by atoms with Gasteiger partial charge in [0.15, 0.2) is 17.2 Å². The number of hydrogen-bond acceptors (Lipinski definition) is 6. The molecule has 0 aromatic heterocycles. The number of halogens is 1. The van der Waals surface area contributed by atoms with Crippen LogP contribution in [0.4, 0.5) is 4.39 Å². The summed E-state index contributed by atoms with van der Waals surface area (Å²) in [6.07, 6.45) is 3.70. The Balaban J connectivity index is 1.74. The van der Waals surface area contributed by atoms with Crippen molar-refractivity contribution in [3.8, 4) is 0 Å². The Morgan fingerprint density at radius 1 is 1.31 bits per heavy atom. The Bertz CT molecular complexity index is 973. The van der Waals surface area contributed by atoms with Gasteiger partial charge in [-0.25, -0.2) is 8.96 Å². The van der Waals surface area contributed by atoms with Crippen molar-refractivity contribution >= 4 is 19.4 Å². The molecule has 0 aliphatic heterocycles. The zero-order valence-corrected chi connectivity index (χ0v) is 19.2. The van der Waals surface area contributed by atoms with Gasteiger partial charge in [-0.3, -0.25) is 14.1 Å². The van der Waals surface area contributed by atoms with Gasteiger partial charge in [-0.1, -0.05) is 25.5 Å². The van der Waals surface area contributed by atoms with Crippen LogP contribution in [0.15, 0.2) is 23.8 Å². The molecule has 32 heavy (non-hydrogen) atoms. The first-order valence-corrected chi connectivity index (χ1v) is 12.4. The number of phosphoric acid groups is 1. The molecule has 178 valence electrons. The number of ketones is 2. The summed E-state index contributed by atoms with van der Waals surface area (Å²) in [5.74, 6) is -2.87. The monoisotopic (exact) mass is 472 g/mol. The smallest absolute Gasteiger partial charge is 0.390 e. The number of phosphoric ester groups is 1. The number of allylic oxidation sites excluding steroid dienone is 4. The van der Waals surface area contributed by atoms with Crippen molar-refractivity contribution < 1.29 is 43.1 Å². The van der Waals surface area contributed by atoms with Crippen LogP contribution in [0.2, 0.25) is 0 Å². The number of carbonyl (C=O) groups excluding carboxylic acids is 2. The van der Waals surface area contributed by atoms with E-state index in [9.17, 15) is 24.4 Å². The summed E-state index contributed by atoms with van der Waals surface area (Å²) in [5, 5.41) is 22.8. The maximum absolute atomic E-state index is 17.0. The molecule has 0 radical (unpaired) electrons. The minimum absolute atomic E-state index is 0.211. The van der Waals surface area contributed by atoms with Gasteiger partial charge in [-0.15, -0.1) is 0 Å². The highest BCUT2D eigenvalue weighted by molar-refractivity contribution is 7.46. The predicted molar refractivity (Wildman–Crippen MR) is 111 cm³/mol. The van der Waals surface area contributed by atoms with E-state index in [0.717, 1.165) is 0 Å². The first kappa shape index (κ1) is 23.9. The predicted octanol–water partition coefficient (Wildman–Crippen LogP) is 2.01. The van der Waals surface area contributed by atoms with Crippen LogP contribution in [0.3, 0.4) is 0 Å². The highest BCUT2D eigenvalue weighted by Crippen LogP contribution is 2.70. The van der Waals surface area contributed by atoms with E-state index in [2.05, 4.69) is 4.52 Å². The number of fused-ring (bicyclic) bond motifs is 5. The van der Waals surface area contributed by atoms with Crippen molar-refractivity contribution in [2.24, 2.45) is 28.6 Å². The molecule has 0 heterocycles. The third-order valence-corrected chi connectivity index (χ3v) is 9.48. The molecule has 4 rings (SSSR count). The number of aliphatic hydroxyl groups is 2. The second-order valence-corrected chi connectivity index (χ2v) is 11.6. The van der Waals surface area contributed by atoms with Crippen molar-refractivity contribution in [1.82, 2.24) is 0 Å². The molecule has 0 saturated heterocycles. The molecule has 4 aliphatic rings. The van der Waals surface area contributed by atoms with Crippen molar-refractivity contribution in [3.63, 3.8) is 0 Å². The van der Waals surface area contributed by atoms with Crippen LogP contribution >= 0.6 is 7.82 Å². The van der Waals surface area contributed by atoms with E-state index < -0.39 is 66.2 Å². The molecular weight excluding hydrogens is 442 g/mol. The number of hydrogen-bond donors (Lipinski definition) is 4. The van der Waals surface area contributed by atoms with Crippen LogP contribution in [0.1, 0.15) is 46.5 Å². The van der Waals surface area contributed by atoms with Crippen molar-refractivity contribution in [2.45, 2.75) is 63.8 Å². The van der Waals surface area contributed by atoms with Crippen LogP contribution in [-0.2, 0) is 18.7 Å². The minimum Gasteiger partial charge on any atom is -0.390 e. The second-order valence-electron chi connectivity index (χ2n) is 10.4. The van der Waals surface area contributed by atoms with Gasteiger partial charge < -0.3 is 20.0 Å². The summed E-state index contributed by atoms with van der Waals surface area (Å²) in [6.45, 7) is 4.00. The quantitative estimate of drug-likeness (QED) is 0.456. The summed E-state index contributed by atoms with van der Waals surface area (Å²) >= 11 is 0. The van der Waals surface area contributed by atoms with E-state index in [1.54, 1.807) is 20.8 Å². The van der Waals surface area contributed by atoms with E-state index in [1.807, 2.05) is 0 Å². The first-order valence-electron chi connectivity index (χ1n) is 10.9. The van der Waals surface area contributed by atoms with Gasteiger partial charge in [0.2, 0.25) is 0 Å². The maximum atomic E-state index is 17.0. The largest absolute Gasteiger partial charge is 0.470 e. The molecule has 4 aliphatic carbocycles. The number of rotatable bonds is 4. The lowest BCUT2D eigenvalue weighted by Gasteiger charge is -2.62. The Kier molecular flexibility index (Phi) is 5.34. The fourth-order valence-corrected chi connectivity index (χ4v) is 7.68. The molecular formula is C22H30FO8P. The summed E-state index contributed by atoms with van der Waals surface area (Å²) in [7, 11) is -4.93. The van der Waals surface area contributed by atoms with E-state index in [4.69, 9.17) is 9.79 Å². The van der Waals surface area contributed by atoms with Crippen LogP contribution in [0.5, 0.6) is 0 Å². The van der Waals surface area contributed by atoms with Crippen LogP contribution in [0, 0.1) is 28.6 Å². The summed E-state index contributed by atoms with van der Waals surface area (Å²) < 4.78 is 32.5. The van der Waals surface area contributed by atoms with Gasteiger partial charge in [0.1, 0.15) is 12.2 Å². The van der Waals surface area contributed by atoms with E-state index >= 15 is 4.39 Å². The van der Waals surface area contributed by atoms with Crippen LogP contribution in [0.25, 0.3) is 0 Å². The van der Waals surface area contributed by atoms with Gasteiger partial charge in [0.05, 0.1) is 6.10 Å². The Morgan fingerprint density at radius 3 is 2.59 bits per heavy atom.